The highest BCUT2D eigenvalue weighted by atomic mass is 79.9. The first-order valence-electron chi connectivity index (χ1n) is 5.38. The van der Waals surface area contributed by atoms with Crippen LogP contribution in [0, 0.1) is 0 Å². The molecule has 0 unspecified atom stereocenters. The Morgan fingerprint density at radius 2 is 2.00 bits per heavy atom. The highest BCUT2D eigenvalue weighted by molar-refractivity contribution is 9.10. The van der Waals surface area contributed by atoms with Crippen LogP contribution in [0.4, 0.5) is 5.69 Å². The van der Waals surface area contributed by atoms with Crippen LogP contribution in [0.15, 0.2) is 39.5 Å². The van der Waals surface area contributed by atoms with E-state index in [1.807, 2.05) is 12.1 Å². The molecule has 0 bridgehead atoms. The number of nitrogens with zero attached hydrogens (tertiary/aromatic N) is 1. The van der Waals surface area contributed by atoms with Gasteiger partial charge in [0.05, 0.1) is 0 Å². The summed E-state index contributed by atoms with van der Waals surface area (Å²) in [6.45, 7) is 1.87. The van der Waals surface area contributed by atoms with Crippen LogP contribution in [-0.4, -0.2) is 11.9 Å². The van der Waals surface area contributed by atoms with E-state index in [1.165, 1.54) is 11.1 Å². The molecule has 1 aromatic heterocycles. The second-order valence-corrected chi connectivity index (χ2v) is 5.89. The Morgan fingerprint density at radius 3 is 2.65 bits per heavy atom. The molecule has 2 aromatic rings. The summed E-state index contributed by atoms with van der Waals surface area (Å²) in [5.74, 6) is 0. The summed E-state index contributed by atoms with van der Waals surface area (Å²) < 4.78 is 1.04. The molecule has 2 rings (SSSR count). The van der Waals surface area contributed by atoms with E-state index in [2.05, 4.69) is 50.8 Å². The predicted octanol–water partition coefficient (Wildman–Crippen LogP) is 3.72. The van der Waals surface area contributed by atoms with E-state index >= 15 is 0 Å². The van der Waals surface area contributed by atoms with E-state index in [9.17, 15) is 0 Å². The van der Waals surface area contributed by atoms with E-state index in [0.29, 0.717) is 0 Å². The molecule has 0 saturated carbocycles. The number of nitrogens with two attached hydrogens (primary N) is 1. The molecule has 0 spiro atoms. The summed E-state index contributed by atoms with van der Waals surface area (Å²) in [6, 6.07) is 8.22. The quantitative estimate of drug-likeness (QED) is 0.872. The second-order valence-electron chi connectivity index (χ2n) is 4.20. The Kier molecular flexibility index (Phi) is 4.20. The third-order valence-electron chi connectivity index (χ3n) is 2.46. The Bertz CT molecular complexity index is 462. The van der Waals surface area contributed by atoms with E-state index in [0.717, 1.165) is 23.2 Å². The monoisotopic (exact) mass is 310 g/mol. The van der Waals surface area contributed by atoms with Gasteiger partial charge in [-0.25, -0.2) is 0 Å². The first kappa shape index (κ1) is 12.6. The van der Waals surface area contributed by atoms with Gasteiger partial charge in [0, 0.05) is 23.2 Å². The molecule has 0 aliphatic heterocycles. The lowest BCUT2D eigenvalue weighted by atomic mass is 10.2. The summed E-state index contributed by atoms with van der Waals surface area (Å²) in [5, 5.41) is 4.30. The van der Waals surface area contributed by atoms with Crippen molar-refractivity contribution in [1.29, 1.82) is 0 Å². The van der Waals surface area contributed by atoms with Gasteiger partial charge in [0.15, 0.2) is 0 Å². The molecule has 17 heavy (non-hydrogen) atoms. The number of hydrogen-bond donors (Lipinski definition) is 1. The zero-order valence-electron chi connectivity index (χ0n) is 9.69. The number of benzene rings is 1. The smallest absolute Gasteiger partial charge is 0.0328 e. The fraction of sp³-hybridized carbons (Fsp3) is 0.231. The average molecular weight is 311 g/mol. The van der Waals surface area contributed by atoms with Crippen molar-refractivity contribution in [3.8, 4) is 0 Å². The van der Waals surface area contributed by atoms with Crippen molar-refractivity contribution in [2.24, 2.45) is 0 Å². The van der Waals surface area contributed by atoms with Gasteiger partial charge in [-0.2, -0.15) is 11.3 Å². The van der Waals surface area contributed by atoms with Gasteiger partial charge in [-0.15, -0.1) is 0 Å². The number of thiophene rings is 1. The van der Waals surface area contributed by atoms with Gasteiger partial charge in [-0.05, 0) is 53.2 Å². The van der Waals surface area contributed by atoms with Crippen molar-refractivity contribution in [2.45, 2.75) is 13.1 Å². The highest BCUT2D eigenvalue weighted by Gasteiger charge is 2.03. The van der Waals surface area contributed by atoms with Crippen molar-refractivity contribution in [1.82, 2.24) is 4.90 Å². The number of hydrogen-bond acceptors (Lipinski definition) is 3. The van der Waals surface area contributed by atoms with Gasteiger partial charge < -0.3 is 5.73 Å². The fourth-order valence-electron chi connectivity index (χ4n) is 1.83. The molecule has 0 saturated heterocycles. The van der Waals surface area contributed by atoms with Crippen LogP contribution in [0.25, 0.3) is 0 Å². The van der Waals surface area contributed by atoms with E-state index in [1.54, 1.807) is 11.3 Å². The summed E-state index contributed by atoms with van der Waals surface area (Å²) >= 11 is 5.21. The van der Waals surface area contributed by atoms with E-state index < -0.39 is 0 Å². The predicted molar refractivity (Wildman–Crippen MR) is 78.0 cm³/mol. The SMILES string of the molecule is CN(Cc1ccsc1)Cc1cc(N)cc(Br)c1. The zero-order chi connectivity index (χ0) is 12.3. The van der Waals surface area contributed by atoms with Crippen molar-refractivity contribution in [3.63, 3.8) is 0 Å². The largest absolute Gasteiger partial charge is 0.399 e. The van der Waals surface area contributed by atoms with Gasteiger partial charge in [0.1, 0.15) is 0 Å². The van der Waals surface area contributed by atoms with Gasteiger partial charge >= 0.3 is 0 Å². The Labute approximate surface area is 114 Å². The van der Waals surface area contributed by atoms with Crippen molar-refractivity contribution < 1.29 is 0 Å². The summed E-state index contributed by atoms with van der Waals surface area (Å²) in [7, 11) is 2.12. The Hall–Kier alpha value is -0.840. The Balaban J connectivity index is 2.00. The molecule has 2 nitrogen and oxygen atoms in total. The lowest BCUT2D eigenvalue weighted by Crippen LogP contribution is -2.16. The first-order valence-corrected chi connectivity index (χ1v) is 7.11. The molecular weight excluding hydrogens is 296 g/mol. The van der Waals surface area contributed by atoms with Crippen LogP contribution in [0.1, 0.15) is 11.1 Å². The molecule has 2 N–H and O–H groups in total. The fourth-order valence-corrected chi connectivity index (χ4v) is 3.05. The number of rotatable bonds is 4. The minimum absolute atomic E-state index is 0.804. The summed E-state index contributed by atoms with van der Waals surface area (Å²) in [6.07, 6.45) is 0. The minimum Gasteiger partial charge on any atom is -0.399 e. The number of anilines is 1. The maximum Gasteiger partial charge on any atom is 0.0328 e. The molecule has 0 amide bonds. The van der Waals surface area contributed by atoms with Crippen molar-refractivity contribution in [3.05, 3.63) is 50.6 Å². The summed E-state index contributed by atoms with van der Waals surface area (Å²) in [5.41, 5.74) is 9.22. The third kappa shape index (κ3) is 3.84. The van der Waals surface area contributed by atoms with Crippen molar-refractivity contribution in [2.75, 3.05) is 12.8 Å². The van der Waals surface area contributed by atoms with Gasteiger partial charge in [0.2, 0.25) is 0 Å². The lowest BCUT2D eigenvalue weighted by Gasteiger charge is -2.16. The Morgan fingerprint density at radius 1 is 1.24 bits per heavy atom. The summed E-state index contributed by atoms with van der Waals surface area (Å²) in [4.78, 5) is 2.28. The molecule has 0 fully saturated rings. The maximum absolute atomic E-state index is 5.82. The van der Waals surface area contributed by atoms with E-state index in [-0.39, 0.29) is 0 Å². The molecule has 0 aliphatic rings. The topological polar surface area (TPSA) is 29.3 Å². The van der Waals surface area contributed by atoms with Crippen molar-refractivity contribution >= 4 is 33.0 Å². The molecule has 90 valence electrons. The van der Waals surface area contributed by atoms with Gasteiger partial charge in [-0.3, -0.25) is 4.90 Å². The van der Waals surface area contributed by atoms with Gasteiger partial charge in [0.25, 0.3) is 0 Å². The van der Waals surface area contributed by atoms with Crippen LogP contribution < -0.4 is 5.73 Å². The lowest BCUT2D eigenvalue weighted by molar-refractivity contribution is 0.319. The maximum atomic E-state index is 5.82. The standard InChI is InChI=1S/C13H15BrN2S/c1-16(7-10-2-3-17-9-10)8-11-4-12(14)6-13(15)5-11/h2-6,9H,7-8,15H2,1H3. The molecule has 0 aliphatic carbocycles. The molecule has 4 heteroatoms. The molecule has 1 heterocycles. The third-order valence-corrected chi connectivity index (χ3v) is 3.65. The second kappa shape index (κ2) is 5.67. The zero-order valence-corrected chi connectivity index (χ0v) is 12.1. The van der Waals surface area contributed by atoms with Crippen LogP contribution in [0.5, 0.6) is 0 Å². The number of halogens is 1. The van der Waals surface area contributed by atoms with Crippen LogP contribution in [-0.2, 0) is 13.1 Å². The minimum atomic E-state index is 0.804. The average Bonchev–Trinajstić information content (AvgIpc) is 2.67. The van der Waals surface area contributed by atoms with Crippen LogP contribution >= 0.6 is 27.3 Å². The molecular formula is C13H15BrN2S. The molecule has 0 radical (unpaired) electrons. The van der Waals surface area contributed by atoms with Gasteiger partial charge in [-0.1, -0.05) is 15.9 Å². The van der Waals surface area contributed by atoms with Crippen LogP contribution in [0.2, 0.25) is 0 Å². The molecule has 1 aromatic carbocycles. The number of nitrogen functional groups attached to an aromatic ring is 1. The normalized spacial score (nSPS) is 11.0. The molecule has 0 atom stereocenters. The first-order chi connectivity index (χ1) is 8.13. The highest BCUT2D eigenvalue weighted by Crippen LogP contribution is 2.19. The van der Waals surface area contributed by atoms with Crippen LogP contribution in [0.3, 0.4) is 0 Å². The van der Waals surface area contributed by atoms with E-state index in [4.69, 9.17) is 5.73 Å².